The minimum Gasteiger partial charge on any atom is -0.454 e. The van der Waals surface area contributed by atoms with Gasteiger partial charge in [0.1, 0.15) is 0 Å². The van der Waals surface area contributed by atoms with Gasteiger partial charge < -0.3 is 4.74 Å². The molecule has 160 valence electrons. The molecule has 3 aromatic carbocycles. The van der Waals surface area contributed by atoms with Gasteiger partial charge in [0.15, 0.2) is 12.4 Å². The minimum atomic E-state index is -0.553. The Hall–Kier alpha value is -3.31. The summed E-state index contributed by atoms with van der Waals surface area (Å²) < 4.78 is 6.26. The predicted octanol–water partition coefficient (Wildman–Crippen LogP) is 6.57. The average molecular weight is 488 g/mol. The van der Waals surface area contributed by atoms with E-state index in [-0.39, 0.29) is 12.4 Å². The number of Topliss-reactive ketones (excluding diaryl/α,β-unsaturated/α-hetero) is 1. The molecule has 0 fully saturated rings. The number of pyridine rings is 1. The second-order valence-electron chi connectivity index (χ2n) is 7.63. The van der Waals surface area contributed by atoms with Gasteiger partial charge in [0.2, 0.25) is 0 Å². The molecule has 5 heteroatoms. The molecule has 1 heterocycles. The second kappa shape index (κ2) is 9.45. The van der Waals surface area contributed by atoms with Crippen molar-refractivity contribution in [3.63, 3.8) is 0 Å². The number of hydrogen-bond acceptors (Lipinski definition) is 4. The van der Waals surface area contributed by atoms with Crippen molar-refractivity contribution in [2.45, 2.75) is 20.3 Å². The third kappa shape index (κ3) is 4.78. The van der Waals surface area contributed by atoms with Crippen molar-refractivity contribution in [2.24, 2.45) is 0 Å². The number of aromatic nitrogens is 1. The summed E-state index contributed by atoms with van der Waals surface area (Å²) in [6, 6.07) is 22.6. The fourth-order valence-corrected chi connectivity index (χ4v) is 3.82. The lowest BCUT2D eigenvalue weighted by molar-refractivity contribution is 0.0476. The molecule has 0 aliphatic rings. The van der Waals surface area contributed by atoms with Crippen LogP contribution < -0.4 is 0 Å². The van der Waals surface area contributed by atoms with E-state index in [1.807, 2.05) is 61.5 Å². The smallest absolute Gasteiger partial charge is 0.339 e. The second-order valence-corrected chi connectivity index (χ2v) is 8.55. The molecule has 0 spiro atoms. The number of aryl methyl sites for hydroxylation is 2. The summed E-state index contributed by atoms with van der Waals surface area (Å²) in [6.07, 6.45) is 0.900. The van der Waals surface area contributed by atoms with Crippen LogP contribution in [0.2, 0.25) is 0 Å². The van der Waals surface area contributed by atoms with E-state index in [9.17, 15) is 9.59 Å². The lowest BCUT2D eigenvalue weighted by Gasteiger charge is -2.11. The van der Waals surface area contributed by atoms with Gasteiger partial charge in [0.25, 0.3) is 0 Å². The summed E-state index contributed by atoms with van der Waals surface area (Å²) >= 11 is 3.46. The molecule has 0 saturated heterocycles. The first-order valence-corrected chi connectivity index (χ1v) is 11.2. The van der Waals surface area contributed by atoms with Crippen molar-refractivity contribution in [3.8, 4) is 11.3 Å². The fourth-order valence-electron chi connectivity index (χ4n) is 3.46. The van der Waals surface area contributed by atoms with Gasteiger partial charge >= 0.3 is 5.97 Å². The van der Waals surface area contributed by atoms with Gasteiger partial charge in [-0.3, -0.25) is 4.79 Å². The van der Waals surface area contributed by atoms with Gasteiger partial charge in [-0.2, -0.15) is 0 Å². The highest BCUT2D eigenvalue weighted by molar-refractivity contribution is 9.10. The molecule has 4 rings (SSSR count). The van der Waals surface area contributed by atoms with Gasteiger partial charge in [-0.05, 0) is 43.2 Å². The van der Waals surface area contributed by atoms with Gasteiger partial charge in [-0.1, -0.05) is 76.9 Å². The fraction of sp³-hybridized carbons (Fsp3) is 0.148. The van der Waals surface area contributed by atoms with E-state index in [4.69, 9.17) is 9.72 Å². The molecule has 0 radical (unpaired) electrons. The number of benzene rings is 3. The molecule has 4 nitrogen and oxygen atoms in total. The monoisotopic (exact) mass is 487 g/mol. The third-order valence-corrected chi connectivity index (χ3v) is 5.85. The van der Waals surface area contributed by atoms with E-state index >= 15 is 0 Å². The summed E-state index contributed by atoms with van der Waals surface area (Å²) in [5.41, 5.74) is 5.45. The van der Waals surface area contributed by atoms with Crippen LogP contribution in [0.1, 0.15) is 38.8 Å². The number of halogens is 1. The number of esters is 1. The van der Waals surface area contributed by atoms with E-state index in [0.29, 0.717) is 27.7 Å². The molecule has 1 aromatic heterocycles. The summed E-state index contributed by atoms with van der Waals surface area (Å²) in [5.74, 6) is -0.790. The van der Waals surface area contributed by atoms with Gasteiger partial charge in [-0.15, -0.1) is 0 Å². The van der Waals surface area contributed by atoms with Crippen LogP contribution in [-0.4, -0.2) is 23.3 Å². The summed E-state index contributed by atoms with van der Waals surface area (Å²) in [6.45, 7) is 3.76. The first kappa shape index (κ1) is 21.9. The molecule has 0 aliphatic heterocycles. The van der Waals surface area contributed by atoms with Gasteiger partial charge in [0, 0.05) is 21.0 Å². The van der Waals surface area contributed by atoms with Crippen molar-refractivity contribution in [1.29, 1.82) is 0 Å². The Morgan fingerprint density at radius 1 is 0.938 bits per heavy atom. The maximum absolute atomic E-state index is 13.0. The van der Waals surface area contributed by atoms with E-state index in [1.54, 1.807) is 18.2 Å². The predicted molar refractivity (Wildman–Crippen MR) is 130 cm³/mol. The number of hydrogen-bond donors (Lipinski definition) is 0. The SMILES string of the molecule is CCc1ccc(C(=O)COC(=O)c2cc(-c3ccc(C)cc3)nc3ccc(Br)cc23)cc1. The molecule has 32 heavy (non-hydrogen) atoms. The molecule has 0 atom stereocenters. The normalized spacial score (nSPS) is 10.8. The van der Waals surface area contributed by atoms with Crippen LogP contribution in [0.4, 0.5) is 0 Å². The Morgan fingerprint density at radius 3 is 2.34 bits per heavy atom. The quantitative estimate of drug-likeness (QED) is 0.227. The lowest BCUT2D eigenvalue weighted by Crippen LogP contribution is -2.15. The molecule has 0 saturated carbocycles. The Bertz CT molecular complexity index is 1300. The molecular weight excluding hydrogens is 466 g/mol. The first-order valence-electron chi connectivity index (χ1n) is 10.4. The lowest BCUT2D eigenvalue weighted by atomic mass is 10.0. The van der Waals surface area contributed by atoms with Crippen molar-refractivity contribution in [2.75, 3.05) is 6.61 Å². The zero-order chi connectivity index (χ0) is 22.7. The first-order chi connectivity index (χ1) is 15.4. The number of ketones is 1. The zero-order valence-corrected chi connectivity index (χ0v) is 19.5. The molecule has 0 bridgehead atoms. The molecule has 4 aromatic rings. The Morgan fingerprint density at radius 2 is 1.66 bits per heavy atom. The number of rotatable bonds is 6. The highest BCUT2D eigenvalue weighted by Crippen LogP contribution is 2.28. The Labute approximate surface area is 195 Å². The van der Waals surface area contributed by atoms with Gasteiger partial charge in [-0.25, -0.2) is 9.78 Å². The van der Waals surface area contributed by atoms with E-state index in [2.05, 4.69) is 22.9 Å². The molecule has 0 aliphatic carbocycles. The Kier molecular flexibility index (Phi) is 6.47. The van der Waals surface area contributed by atoms with Crippen LogP contribution in [0, 0.1) is 6.92 Å². The number of nitrogens with zero attached hydrogens (tertiary/aromatic N) is 1. The summed E-state index contributed by atoms with van der Waals surface area (Å²) in [7, 11) is 0. The van der Waals surface area contributed by atoms with Crippen LogP contribution in [0.5, 0.6) is 0 Å². The summed E-state index contributed by atoms with van der Waals surface area (Å²) in [5, 5.41) is 0.667. The summed E-state index contributed by atoms with van der Waals surface area (Å²) in [4.78, 5) is 30.3. The molecule has 0 unspecified atom stereocenters. The molecule has 0 amide bonds. The highest BCUT2D eigenvalue weighted by Gasteiger charge is 2.17. The van der Waals surface area contributed by atoms with Crippen molar-refractivity contribution >= 4 is 38.6 Å². The number of carbonyl (C=O) groups is 2. The van der Waals surface area contributed by atoms with Crippen LogP contribution in [0.15, 0.2) is 77.3 Å². The van der Waals surface area contributed by atoms with Crippen LogP contribution in [0.3, 0.4) is 0 Å². The number of fused-ring (bicyclic) bond motifs is 1. The number of carbonyl (C=O) groups excluding carboxylic acids is 2. The van der Waals surface area contributed by atoms with Gasteiger partial charge in [0.05, 0.1) is 16.8 Å². The topological polar surface area (TPSA) is 56.3 Å². The Balaban J connectivity index is 1.63. The average Bonchev–Trinajstić information content (AvgIpc) is 2.82. The maximum Gasteiger partial charge on any atom is 0.339 e. The minimum absolute atomic E-state index is 0.237. The molecule has 0 N–H and O–H groups in total. The van der Waals surface area contributed by atoms with Crippen molar-refractivity contribution in [1.82, 2.24) is 4.98 Å². The van der Waals surface area contributed by atoms with Crippen LogP contribution in [-0.2, 0) is 11.2 Å². The largest absolute Gasteiger partial charge is 0.454 e. The van der Waals surface area contributed by atoms with Crippen molar-refractivity contribution < 1.29 is 14.3 Å². The highest BCUT2D eigenvalue weighted by atomic mass is 79.9. The van der Waals surface area contributed by atoms with Crippen molar-refractivity contribution in [3.05, 3.63) is 99.5 Å². The van der Waals surface area contributed by atoms with E-state index in [1.165, 1.54) is 0 Å². The standard InChI is InChI=1S/C27H22BrNO3/c1-3-18-6-10-20(11-7-18)26(30)16-32-27(31)23-15-25(19-8-4-17(2)5-9-19)29-24-13-12-21(28)14-22(23)24/h4-15H,3,16H2,1-2H3. The zero-order valence-electron chi connectivity index (χ0n) is 17.9. The van der Waals surface area contributed by atoms with Crippen LogP contribution in [0.25, 0.3) is 22.2 Å². The molecular formula is C27H22BrNO3. The van der Waals surface area contributed by atoms with E-state index < -0.39 is 5.97 Å². The number of ether oxygens (including phenoxy) is 1. The van der Waals surface area contributed by atoms with Crippen LogP contribution >= 0.6 is 15.9 Å². The maximum atomic E-state index is 13.0. The third-order valence-electron chi connectivity index (χ3n) is 5.36. The van der Waals surface area contributed by atoms with E-state index in [0.717, 1.165) is 27.6 Å².